The molecule has 0 amide bonds. The number of fused-ring (bicyclic) bond motifs is 6. The minimum absolute atomic E-state index is 0.708. The number of benzene rings is 4. The van der Waals surface area contributed by atoms with Gasteiger partial charge in [0.15, 0.2) is 0 Å². The molecule has 1 aliphatic rings. The summed E-state index contributed by atoms with van der Waals surface area (Å²) in [5, 5.41) is 6.82. The lowest BCUT2D eigenvalue weighted by Crippen LogP contribution is -2.43. The first-order valence-electron chi connectivity index (χ1n) is 9.98. The Morgan fingerprint density at radius 3 is 1.50 bits per heavy atom. The van der Waals surface area contributed by atoms with Crippen molar-refractivity contribution in [3.8, 4) is 0 Å². The second-order valence-corrected chi connectivity index (χ2v) is 7.19. The molecule has 0 unspecified atom stereocenters. The second-order valence-electron chi connectivity index (χ2n) is 7.19. The van der Waals surface area contributed by atoms with E-state index in [0.717, 1.165) is 29.4 Å². The molecular weight excluding hydrogens is 342 g/mol. The molecule has 0 aliphatic carbocycles. The van der Waals surface area contributed by atoms with Gasteiger partial charge in [0, 0.05) is 16.3 Å². The molecular formula is C25H23N3. The summed E-state index contributed by atoms with van der Waals surface area (Å²) in [7, 11) is 0. The van der Waals surface area contributed by atoms with Crippen molar-refractivity contribution in [2.24, 2.45) is 9.98 Å². The van der Waals surface area contributed by atoms with Crippen LogP contribution in [0.4, 0.5) is 0 Å². The van der Waals surface area contributed by atoms with E-state index in [9.17, 15) is 0 Å². The van der Waals surface area contributed by atoms with Crippen LogP contribution < -0.4 is 10.7 Å². The minimum atomic E-state index is -0.708. The summed E-state index contributed by atoms with van der Waals surface area (Å²) in [4.78, 5) is 13.0. The van der Waals surface area contributed by atoms with Gasteiger partial charge >= 0.3 is 0 Å². The molecule has 0 radical (unpaired) electrons. The Bertz CT molecular complexity index is 1210. The van der Waals surface area contributed by atoms with E-state index in [-0.39, 0.29) is 0 Å². The van der Waals surface area contributed by atoms with E-state index in [2.05, 4.69) is 91.5 Å². The summed E-state index contributed by atoms with van der Waals surface area (Å²) in [5.41, 5.74) is 1.11. The Kier molecular flexibility index (Phi) is 3.99. The molecule has 0 N–H and O–H groups in total. The summed E-state index contributed by atoms with van der Waals surface area (Å²) >= 11 is 0. The van der Waals surface area contributed by atoms with E-state index < -0.39 is 5.79 Å². The molecule has 4 aromatic carbocycles. The monoisotopic (exact) mass is 365 g/mol. The molecule has 5 rings (SSSR count). The number of hydrogen-bond donors (Lipinski definition) is 0. The Hall–Kier alpha value is -3.04. The van der Waals surface area contributed by atoms with Crippen LogP contribution in [0.3, 0.4) is 0 Å². The normalized spacial score (nSPS) is 14.8. The molecule has 0 spiro atoms. The van der Waals surface area contributed by atoms with Crippen molar-refractivity contribution in [1.82, 2.24) is 4.90 Å². The second kappa shape index (κ2) is 6.54. The third-order valence-electron chi connectivity index (χ3n) is 5.78. The Morgan fingerprint density at radius 2 is 1.04 bits per heavy atom. The van der Waals surface area contributed by atoms with Gasteiger partial charge in [-0.2, -0.15) is 0 Å². The van der Waals surface area contributed by atoms with Gasteiger partial charge in [-0.3, -0.25) is 4.90 Å². The van der Waals surface area contributed by atoms with Gasteiger partial charge in [0.25, 0.3) is 0 Å². The van der Waals surface area contributed by atoms with Crippen molar-refractivity contribution in [1.29, 1.82) is 0 Å². The van der Waals surface area contributed by atoms with Crippen LogP contribution in [0.1, 0.15) is 19.4 Å². The smallest absolute Gasteiger partial charge is 0.235 e. The van der Waals surface area contributed by atoms with Crippen LogP contribution in [-0.4, -0.2) is 18.0 Å². The van der Waals surface area contributed by atoms with Gasteiger partial charge in [-0.1, -0.05) is 92.7 Å². The van der Waals surface area contributed by atoms with Crippen LogP contribution in [0.25, 0.3) is 21.5 Å². The van der Waals surface area contributed by atoms with Crippen LogP contribution >= 0.6 is 0 Å². The molecule has 4 aromatic rings. The average Bonchev–Trinajstić information content (AvgIpc) is 3.18. The largest absolute Gasteiger partial charge is 0.257 e. The zero-order valence-electron chi connectivity index (χ0n) is 16.3. The van der Waals surface area contributed by atoms with Crippen molar-refractivity contribution in [3.63, 3.8) is 0 Å². The van der Waals surface area contributed by atoms with Crippen LogP contribution in [0, 0.1) is 0 Å². The molecule has 0 atom stereocenters. The molecule has 0 saturated heterocycles. The van der Waals surface area contributed by atoms with E-state index in [0.29, 0.717) is 0 Å². The predicted octanol–water partition coefficient (Wildman–Crippen LogP) is 4.40. The standard InChI is InChI=1S/C25H23N3/c1-3-28(4-2)25(18-12-6-5-7-13-18)26-23-21-16-10-8-14-19(21)20-15-9-11-17-22(20)24(23)27-25/h5-17H,3-4H2,1-2H3. The van der Waals surface area contributed by atoms with E-state index in [1.165, 1.54) is 21.5 Å². The molecule has 1 aliphatic heterocycles. The maximum Gasteiger partial charge on any atom is 0.235 e. The van der Waals surface area contributed by atoms with E-state index in [4.69, 9.17) is 9.98 Å². The highest BCUT2D eigenvalue weighted by Gasteiger charge is 2.39. The lowest BCUT2D eigenvalue weighted by atomic mass is 10.0. The first-order chi connectivity index (χ1) is 13.8. The molecule has 0 saturated carbocycles. The van der Waals surface area contributed by atoms with Gasteiger partial charge in [0.2, 0.25) is 5.79 Å². The summed E-state index contributed by atoms with van der Waals surface area (Å²) < 4.78 is 0. The molecule has 3 heteroatoms. The Balaban J connectivity index is 1.98. The SMILES string of the molecule is CCN(CC)C1(c2ccccc2)N=c2c(c3ccccc3c3ccccc23)=N1. The first kappa shape index (κ1) is 17.1. The Morgan fingerprint density at radius 1 is 0.607 bits per heavy atom. The van der Waals surface area contributed by atoms with E-state index in [1.54, 1.807) is 0 Å². The van der Waals surface area contributed by atoms with Gasteiger partial charge < -0.3 is 0 Å². The minimum Gasteiger partial charge on any atom is -0.257 e. The summed E-state index contributed by atoms with van der Waals surface area (Å²) in [5.74, 6) is -0.708. The highest BCUT2D eigenvalue weighted by molar-refractivity contribution is 6.07. The molecule has 0 fully saturated rings. The van der Waals surface area contributed by atoms with Gasteiger partial charge in [-0.15, -0.1) is 0 Å². The van der Waals surface area contributed by atoms with Crippen molar-refractivity contribution in [2.75, 3.05) is 13.1 Å². The zero-order valence-corrected chi connectivity index (χ0v) is 16.3. The molecule has 3 nitrogen and oxygen atoms in total. The van der Waals surface area contributed by atoms with Crippen LogP contribution in [0.15, 0.2) is 88.8 Å². The average molecular weight is 365 g/mol. The fourth-order valence-electron chi connectivity index (χ4n) is 4.45. The van der Waals surface area contributed by atoms with E-state index >= 15 is 0 Å². The molecule has 0 aromatic heterocycles. The fourth-order valence-corrected chi connectivity index (χ4v) is 4.45. The van der Waals surface area contributed by atoms with Gasteiger partial charge in [-0.25, -0.2) is 9.98 Å². The van der Waals surface area contributed by atoms with Crippen molar-refractivity contribution < 1.29 is 0 Å². The van der Waals surface area contributed by atoms with E-state index in [1.807, 2.05) is 6.07 Å². The van der Waals surface area contributed by atoms with Gasteiger partial charge in [0.05, 0.1) is 10.7 Å². The van der Waals surface area contributed by atoms with Crippen molar-refractivity contribution >= 4 is 21.5 Å². The third-order valence-corrected chi connectivity index (χ3v) is 5.78. The van der Waals surface area contributed by atoms with Crippen molar-refractivity contribution in [3.05, 3.63) is 95.1 Å². The van der Waals surface area contributed by atoms with Crippen LogP contribution in [0.5, 0.6) is 0 Å². The topological polar surface area (TPSA) is 28.0 Å². The maximum absolute atomic E-state index is 5.33. The summed E-state index contributed by atoms with van der Waals surface area (Å²) in [6, 6.07) is 27.6. The molecule has 1 heterocycles. The summed E-state index contributed by atoms with van der Waals surface area (Å²) in [6.07, 6.45) is 0. The Labute approximate surface area is 164 Å². The highest BCUT2D eigenvalue weighted by Crippen LogP contribution is 2.33. The first-order valence-corrected chi connectivity index (χ1v) is 9.98. The summed E-state index contributed by atoms with van der Waals surface area (Å²) in [6.45, 7) is 6.11. The number of nitrogens with zero attached hydrogens (tertiary/aromatic N) is 3. The van der Waals surface area contributed by atoms with Crippen LogP contribution in [-0.2, 0) is 5.79 Å². The molecule has 138 valence electrons. The van der Waals surface area contributed by atoms with Crippen LogP contribution in [0.2, 0.25) is 0 Å². The number of hydrogen-bond acceptors (Lipinski definition) is 3. The van der Waals surface area contributed by atoms with Crippen molar-refractivity contribution in [2.45, 2.75) is 19.6 Å². The predicted molar refractivity (Wildman–Crippen MR) is 115 cm³/mol. The quantitative estimate of drug-likeness (QED) is 0.493. The molecule has 0 bridgehead atoms. The zero-order chi connectivity index (χ0) is 19.1. The number of rotatable bonds is 4. The maximum atomic E-state index is 5.33. The lowest BCUT2D eigenvalue weighted by molar-refractivity contribution is 0.113. The third kappa shape index (κ3) is 2.33. The highest BCUT2D eigenvalue weighted by atomic mass is 15.4. The van der Waals surface area contributed by atoms with Gasteiger partial charge in [0.1, 0.15) is 0 Å². The van der Waals surface area contributed by atoms with Gasteiger partial charge in [-0.05, 0) is 23.9 Å². The fraction of sp³-hybridized carbons (Fsp3) is 0.200. The lowest BCUT2D eigenvalue weighted by Gasteiger charge is -2.35. The molecule has 28 heavy (non-hydrogen) atoms.